The molecule has 1 aromatic heterocycles. The maximum absolute atomic E-state index is 12.9. The van der Waals surface area contributed by atoms with Crippen LogP contribution in [0.1, 0.15) is 10.4 Å². The summed E-state index contributed by atoms with van der Waals surface area (Å²) in [5, 5.41) is 9.26. The Morgan fingerprint density at radius 3 is 2.40 bits per heavy atom. The Labute approximate surface area is 183 Å². The van der Waals surface area contributed by atoms with Crippen molar-refractivity contribution in [2.75, 3.05) is 24.7 Å². The van der Waals surface area contributed by atoms with Gasteiger partial charge in [0.05, 0.1) is 46.6 Å². The predicted octanol–water partition coefficient (Wildman–Crippen LogP) is 3.88. The van der Waals surface area contributed by atoms with Crippen LogP contribution in [-0.2, 0) is 0 Å². The monoisotopic (exact) mass is 478 g/mol. The van der Waals surface area contributed by atoms with Crippen LogP contribution >= 0.6 is 35.0 Å². The summed E-state index contributed by atoms with van der Waals surface area (Å²) in [6.07, 6.45) is 2.22. The lowest BCUT2D eigenvalue weighted by molar-refractivity contribution is -0.0516. The fraction of sp³-hybridized carbons (Fsp3) is 0.333. The lowest BCUT2D eigenvalue weighted by atomic mass is 9.94. The third-order valence-electron chi connectivity index (χ3n) is 4.54. The molecule has 0 aliphatic carbocycles. The number of carbonyl (C=O) groups excluding carboxylic acids is 1. The lowest BCUT2D eigenvalue weighted by Crippen LogP contribution is -2.45. The predicted molar refractivity (Wildman–Crippen MR) is 105 cm³/mol. The highest BCUT2D eigenvalue weighted by Gasteiger charge is 2.43. The van der Waals surface area contributed by atoms with Crippen LogP contribution in [0.5, 0.6) is 17.2 Å². The Bertz CT molecular complexity index is 1050. The molecule has 160 valence electrons. The molecule has 7 nitrogen and oxygen atoms in total. The number of halogens is 4. The van der Waals surface area contributed by atoms with Crippen molar-refractivity contribution in [2.24, 2.45) is 10.4 Å². The van der Waals surface area contributed by atoms with E-state index in [1.54, 1.807) is 11.8 Å². The zero-order valence-electron chi connectivity index (χ0n) is 15.1. The average molecular weight is 479 g/mol. The van der Waals surface area contributed by atoms with Crippen molar-refractivity contribution in [1.29, 1.82) is 0 Å². The first-order valence-corrected chi connectivity index (χ1v) is 10.5. The molecular weight excluding hydrogens is 465 g/mol. The zero-order chi connectivity index (χ0) is 21.5. The Kier molecular flexibility index (Phi) is 5.73. The third kappa shape index (κ3) is 4.03. The molecule has 1 amide bonds. The Balaban J connectivity index is 1.78. The van der Waals surface area contributed by atoms with Crippen LogP contribution < -0.4 is 19.6 Å². The first kappa shape index (κ1) is 21.1. The number of pyridine rings is 1. The van der Waals surface area contributed by atoms with Crippen LogP contribution in [0.4, 0.5) is 8.78 Å². The van der Waals surface area contributed by atoms with Crippen LogP contribution in [0.3, 0.4) is 0 Å². The second-order valence-corrected chi connectivity index (χ2v) is 8.62. The molecule has 12 heteroatoms. The van der Waals surface area contributed by atoms with Crippen molar-refractivity contribution >= 4 is 40.9 Å². The molecule has 1 saturated heterocycles. The summed E-state index contributed by atoms with van der Waals surface area (Å²) in [7, 11) is 0. The van der Waals surface area contributed by atoms with Crippen molar-refractivity contribution in [1.82, 2.24) is 4.73 Å². The van der Waals surface area contributed by atoms with E-state index in [0.717, 1.165) is 23.9 Å². The summed E-state index contributed by atoms with van der Waals surface area (Å²) in [6, 6.07) is 2.46. The minimum Gasteiger partial charge on any atom is -0.488 e. The van der Waals surface area contributed by atoms with Gasteiger partial charge in [-0.25, -0.2) is 4.99 Å². The number of hydrogen-bond donors (Lipinski definition) is 1. The molecule has 2 aliphatic heterocycles. The highest BCUT2D eigenvalue weighted by atomic mass is 35.5. The normalized spacial score (nSPS) is 16.7. The fourth-order valence-electron chi connectivity index (χ4n) is 3.01. The van der Waals surface area contributed by atoms with Gasteiger partial charge in [0.15, 0.2) is 11.5 Å². The molecule has 1 fully saturated rings. The number of nitrogens with zero attached hydrogens (tertiary/aromatic N) is 2. The lowest BCUT2D eigenvalue weighted by Gasteiger charge is -2.38. The molecule has 0 unspecified atom stereocenters. The zero-order valence-corrected chi connectivity index (χ0v) is 17.4. The van der Waals surface area contributed by atoms with Gasteiger partial charge >= 0.3 is 6.61 Å². The average Bonchev–Trinajstić information content (AvgIpc) is 2.85. The van der Waals surface area contributed by atoms with Gasteiger partial charge in [-0.05, 0) is 12.1 Å². The standard InChI is InChI=1S/C18H14Cl2F2N2O5S/c19-10-3-24(26)4-11(20)13(10)23-16(25)9-1-2-12(29-17(21)22)15-14(9)27-5-18(6-28-15)7-30-8-18/h1-4,17,26H,5-8H2. The van der Waals surface area contributed by atoms with E-state index in [2.05, 4.69) is 9.73 Å². The van der Waals surface area contributed by atoms with E-state index in [9.17, 15) is 18.8 Å². The summed E-state index contributed by atoms with van der Waals surface area (Å²) in [5.41, 5.74) is -0.284. The maximum atomic E-state index is 12.9. The van der Waals surface area contributed by atoms with Gasteiger partial charge in [0.25, 0.3) is 5.91 Å². The topological polar surface area (TPSA) is 82.3 Å². The van der Waals surface area contributed by atoms with Gasteiger partial charge in [-0.2, -0.15) is 25.3 Å². The van der Waals surface area contributed by atoms with E-state index in [1.165, 1.54) is 12.1 Å². The summed E-state index contributed by atoms with van der Waals surface area (Å²) in [4.78, 5) is 16.8. The molecule has 1 N–H and O–H groups in total. The summed E-state index contributed by atoms with van der Waals surface area (Å²) in [5.74, 6) is 0.445. The van der Waals surface area contributed by atoms with E-state index in [-0.39, 0.29) is 56.8 Å². The van der Waals surface area contributed by atoms with E-state index in [4.69, 9.17) is 32.7 Å². The number of thioether (sulfide) groups is 1. The van der Waals surface area contributed by atoms with E-state index < -0.39 is 12.5 Å². The second kappa shape index (κ2) is 8.16. The van der Waals surface area contributed by atoms with Gasteiger partial charge in [-0.3, -0.25) is 4.79 Å². The number of ether oxygens (including phenoxy) is 3. The molecule has 1 spiro atoms. The van der Waals surface area contributed by atoms with Gasteiger partial charge in [0, 0.05) is 11.5 Å². The molecule has 0 radical (unpaired) electrons. The molecule has 30 heavy (non-hydrogen) atoms. The molecule has 4 rings (SSSR count). The van der Waals surface area contributed by atoms with E-state index in [1.807, 2.05) is 0 Å². The highest BCUT2D eigenvalue weighted by Crippen LogP contribution is 2.48. The number of rotatable bonds is 3. The summed E-state index contributed by atoms with van der Waals surface area (Å²) >= 11 is 13.7. The minimum atomic E-state index is -3.08. The Hall–Kier alpha value is -2.17. The molecule has 1 aromatic carbocycles. The van der Waals surface area contributed by atoms with Crippen molar-refractivity contribution in [3.05, 3.63) is 45.5 Å². The molecule has 0 saturated carbocycles. The minimum absolute atomic E-state index is 0.0245. The van der Waals surface area contributed by atoms with Crippen molar-refractivity contribution in [2.45, 2.75) is 6.61 Å². The number of amides is 1. The number of benzene rings is 1. The van der Waals surface area contributed by atoms with E-state index in [0.29, 0.717) is 4.73 Å². The van der Waals surface area contributed by atoms with Crippen molar-refractivity contribution in [3.8, 4) is 17.2 Å². The van der Waals surface area contributed by atoms with Crippen LogP contribution in [0.15, 0.2) is 29.5 Å². The van der Waals surface area contributed by atoms with Crippen LogP contribution in [0, 0.1) is 5.41 Å². The molecule has 3 heterocycles. The first-order valence-electron chi connectivity index (χ1n) is 8.59. The van der Waals surface area contributed by atoms with Crippen molar-refractivity contribution < 1.29 is 33.0 Å². The Morgan fingerprint density at radius 2 is 1.83 bits per heavy atom. The molecule has 2 aliphatic rings. The van der Waals surface area contributed by atoms with Crippen LogP contribution in [0.2, 0.25) is 10.0 Å². The van der Waals surface area contributed by atoms with Gasteiger partial charge < -0.3 is 19.4 Å². The highest BCUT2D eigenvalue weighted by molar-refractivity contribution is 8.00. The second-order valence-electron chi connectivity index (χ2n) is 6.82. The maximum Gasteiger partial charge on any atom is 0.387 e. The van der Waals surface area contributed by atoms with Gasteiger partial charge in [-0.15, -0.1) is 0 Å². The molecule has 0 bridgehead atoms. The number of hydrogen-bond acceptors (Lipinski definition) is 6. The van der Waals surface area contributed by atoms with Gasteiger partial charge in [-0.1, -0.05) is 23.2 Å². The van der Waals surface area contributed by atoms with Crippen LogP contribution in [-0.4, -0.2) is 47.2 Å². The largest absolute Gasteiger partial charge is 0.488 e. The van der Waals surface area contributed by atoms with Crippen molar-refractivity contribution in [3.63, 3.8) is 0 Å². The number of aromatic nitrogens is 1. The first-order chi connectivity index (χ1) is 14.3. The Morgan fingerprint density at radius 1 is 1.20 bits per heavy atom. The van der Waals surface area contributed by atoms with E-state index >= 15 is 0 Å². The summed E-state index contributed by atoms with van der Waals surface area (Å²) < 4.78 is 42.4. The number of fused-ring (bicyclic) bond motifs is 1. The third-order valence-corrected chi connectivity index (χ3v) is 6.73. The SMILES string of the molecule is O=C(N=c1c(Cl)cn(O)cc1Cl)c1ccc(OC(F)F)c2c1OCC1(CO2)CSC1. The molecule has 2 aromatic rings. The smallest absolute Gasteiger partial charge is 0.387 e. The number of alkyl halides is 2. The van der Waals surface area contributed by atoms with Gasteiger partial charge in [0.1, 0.15) is 5.36 Å². The molecule has 0 atom stereocenters. The van der Waals surface area contributed by atoms with Crippen LogP contribution in [0.25, 0.3) is 0 Å². The summed E-state index contributed by atoms with van der Waals surface area (Å²) in [6.45, 7) is -2.58. The quantitative estimate of drug-likeness (QED) is 0.674. The fourth-order valence-corrected chi connectivity index (χ4v) is 4.66. The number of carbonyl (C=O) groups is 1. The van der Waals surface area contributed by atoms with Gasteiger partial charge in [0.2, 0.25) is 5.75 Å². The molecular formula is C18H14Cl2F2N2O5S.